The van der Waals surface area contributed by atoms with E-state index >= 15 is 0 Å². The van der Waals surface area contributed by atoms with Gasteiger partial charge in [0.1, 0.15) is 5.82 Å². The van der Waals surface area contributed by atoms with Crippen molar-refractivity contribution in [2.45, 2.75) is 76.4 Å². The highest BCUT2D eigenvalue weighted by Crippen LogP contribution is 2.45. The van der Waals surface area contributed by atoms with Gasteiger partial charge < -0.3 is 9.47 Å². The topological polar surface area (TPSA) is 18.5 Å². The quantitative estimate of drug-likeness (QED) is 0.431. The minimum atomic E-state index is -0.284. The Morgan fingerprint density at radius 2 is 1.53 bits per heavy atom. The lowest BCUT2D eigenvalue weighted by Crippen LogP contribution is -2.39. The number of hydrogen-bond donors (Lipinski definition) is 0. The van der Waals surface area contributed by atoms with Gasteiger partial charge in [0.15, 0.2) is 6.29 Å². The molecule has 0 spiro atoms. The van der Waals surface area contributed by atoms with Crippen LogP contribution in [-0.4, -0.2) is 19.5 Å². The zero-order chi connectivity index (χ0) is 20.9. The smallest absolute Gasteiger partial charge is 0.160 e. The molecule has 30 heavy (non-hydrogen) atoms. The second kappa shape index (κ2) is 10.6. The van der Waals surface area contributed by atoms with E-state index in [9.17, 15) is 4.39 Å². The Bertz CT molecular complexity index is 684. The van der Waals surface area contributed by atoms with Crippen LogP contribution in [0, 0.1) is 29.5 Å². The summed E-state index contributed by atoms with van der Waals surface area (Å²) in [6, 6.07) is 5.36. The van der Waals surface area contributed by atoms with Crippen LogP contribution in [0.25, 0.3) is 0 Å². The van der Waals surface area contributed by atoms with Gasteiger partial charge in [-0.2, -0.15) is 0 Å². The van der Waals surface area contributed by atoms with Gasteiger partial charge in [0.25, 0.3) is 0 Å². The average molecular weight is 435 g/mol. The molecule has 4 rings (SSSR count). The minimum Gasteiger partial charge on any atom is -0.352 e. The van der Waals surface area contributed by atoms with Gasteiger partial charge in [-0.1, -0.05) is 23.7 Å². The fraction of sp³-hybridized carbons (Fsp3) is 0.692. The van der Waals surface area contributed by atoms with Crippen LogP contribution in [0.2, 0.25) is 5.02 Å². The van der Waals surface area contributed by atoms with Crippen LogP contribution in [0.1, 0.15) is 75.7 Å². The first kappa shape index (κ1) is 22.3. The summed E-state index contributed by atoms with van der Waals surface area (Å²) in [6.07, 6.45) is 14.1. The van der Waals surface area contributed by atoms with Crippen molar-refractivity contribution in [2.75, 3.05) is 13.2 Å². The van der Waals surface area contributed by atoms with Gasteiger partial charge in [-0.25, -0.2) is 4.39 Å². The largest absolute Gasteiger partial charge is 0.352 e. The second-order valence-electron chi connectivity index (χ2n) is 9.73. The van der Waals surface area contributed by atoms with Gasteiger partial charge in [-0.3, -0.25) is 0 Å². The van der Waals surface area contributed by atoms with E-state index in [1.165, 1.54) is 51.4 Å². The molecule has 2 aliphatic carbocycles. The minimum absolute atomic E-state index is 0.0152. The summed E-state index contributed by atoms with van der Waals surface area (Å²) in [4.78, 5) is 0. The van der Waals surface area contributed by atoms with Crippen LogP contribution in [0.5, 0.6) is 0 Å². The first-order valence-electron chi connectivity index (χ1n) is 11.9. The van der Waals surface area contributed by atoms with Crippen molar-refractivity contribution in [2.24, 2.45) is 23.7 Å². The predicted molar refractivity (Wildman–Crippen MR) is 120 cm³/mol. The molecule has 2 nitrogen and oxygen atoms in total. The molecule has 0 N–H and O–H groups in total. The van der Waals surface area contributed by atoms with Gasteiger partial charge in [0.05, 0.1) is 18.2 Å². The standard InChI is InChI=1S/C26H36ClFO2/c1-2-3-4-18-16-29-26(30-17-18)22-11-9-20(10-12-22)19-5-7-21(8-6-19)23-13-14-24(27)25(28)15-23/h2,13-15,18-22,26H,1,3-12,16-17H2. The van der Waals surface area contributed by atoms with Crippen LogP contribution < -0.4 is 0 Å². The molecule has 1 aromatic rings. The zero-order valence-corrected chi connectivity index (χ0v) is 18.8. The predicted octanol–water partition coefficient (Wildman–Crippen LogP) is 7.51. The van der Waals surface area contributed by atoms with Gasteiger partial charge in [0, 0.05) is 11.8 Å². The number of halogens is 2. The molecule has 1 aromatic carbocycles. The third kappa shape index (κ3) is 5.47. The van der Waals surface area contributed by atoms with Crippen molar-refractivity contribution in [3.05, 3.63) is 47.3 Å². The monoisotopic (exact) mass is 434 g/mol. The van der Waals surface area contributed by atoms with Crippen LogP contribution >= 0.6 is 11.6 Å². The highest BCUT2D eigenvalue weighted by atomic mass is 35.5. The number of allylic oxidation sites excluding steroid dienone is 1. The molecule has 0 amide bonds. The van der Waals surface area contributed by atoms with E-state index < -0.39 is 0 Å². The van der Waals surface area contributed by atoms with E-state index in [1.54, 1.807) is 12.1 Å². The van der Waals surface area contributed by atoms with E-state index in [1.807, 2.05) is 12.1 Å². The summed E-state index contributed by atoms with van der Waals surface area (Å²) in [7, 11) is 0. The maximum Gasteiger partial charge on any atom is 0.160 e. The third-order valence-electron chi connectivity index (χ3n) is 7.83. The molecule has 0 radical (unpaired) electrons. The lowest BCUT2D eigenvalue weighted by Gasteiger charge is -2.41. The number of rotatable bonds is 6. The van der Waals surface area contributed by atoms with E-state index in [0.29, 0.717) is 17.8 Å². The summed E-state index contributed by atoms with van der Waals surface area (Å²) in [6.45, 7) is 5.49. The summed E-state index contributed by atoms with van der Waals surface area (Å²) >= 11 is 5.84. The van der Waals surface area contributed by atoms with Crippen molar-refractivity contribution in [1.29, 1.82) is 0 Å². The summed E-state index contributed by atoms with van der Waals surface area (Å²) in [5.41, 5.74) is 1.12. The highest BCUT2D eigenvalue weighted by Gasteiger charge is 2.36. The molecule has 166 valence electrons. The molecule has 0 bridgehead atoms. The highest BCUT2D eigenvalue weighted by molar-refractivity contribution is 6.30. The lowest BCUT2D eigenvalue weighted by molar-refractivity contribution is -0.230. The Labute approximate surface area is 186 Å². The Morgan fingerprint density at radius 3 is 2.13 bits per heavy atom. The van der Waals surface area contributed by atoms with E-state index in [-0.39, 0.29) is 17.1 Å². The van der Waals surface area contributed by atoms with E-state index in [4.69, 9.17) is 21.1 Å². The molecule has 4 heteroatoms. The summed E-state index contributed by atoms with van der Waals surface area (Å²) < 4.78 is 26.0. The van der Waals surface area contributed by atoms with Crippen molar-refractivity contribution >= 4 is 11.6 Å². The Balaban J connectivity index is 1.19. The van der Waals surface area contributed by atoms with Gasteiger partial charge >= 0.3 is 0 Å². The van der Waals surface area contributed by atoms with Crippen LogP contribution in [-0.2, 0) is 9.47 Å². The van der Waals surface area contributed by atoms with Crippen molar-refractivity contribution in [3.63, 3.8) is 0 Å². The first-order valence-corrected chi connectivity index (χ1v) is 12.3. The molecule has 0 unspecified atom stereocenters. The lowest BCUT2D eigenvalue weighted by atomic mass is 9.68. The zero-order valence-electron chi connectivity index (χ0n) is 18.0. The molecule has 1 aliphatic heterocycles. The fourth-order valence-electron chi connectivity index (χ4n) is 5.93. The average Bonchev–Trinajstić information content (AvgIpc) is 2.80. The van der Waals surface area contributed by atoms with Crippen LogP contribution in [0.3, 0.4) is 0 Å². The normalized spacial score (nSPS) is 35.1. The molecule has 1 saturated heterocycles. The second-order valence-corrected chi connectivity index (χ2v) is 10.1. The molecular formula is C26H36ClFO2. The molecule has 0 aromatic heterocycles. The van der Waals surface area contributed by atoms with Gasteiger partial charge in [-0.15, -0.1) is 6.58 Å². The van der Waals surface area contributed by atoms with E-state index in [0.717, 1.165) is 43.5 Å². The summed E-state index contributed by atoms with van der Waals surface area (Å²) in [5, 5.41) is 0.224. The summed E-state index contributed by atoms with van der Waals surface area (Å²) in [5.74, 6) is 2.97. The molecular weight excluding hydrogens is 399 g/mol. The van der Waals surface area contributed by atoms with Crippen molar-refractivity contribution < 1.29 is 13.9 Å². The van der Waals surface area contributed by atoms with Crippen LogP contribution in [0.15, 0.2) is 30.9 Å². The number of benzene rings is 1. The van der Waals surface area contributed by atoms with Crippen molar-refractivity contribution in [1.82, 2.24) is 0 Å². The SMILES string of the molecule is C=CCCC1COC(C2CCC(C3CCC(c4ccc(Cl)c(F)c4)CC3)CC2)OC1. The molecule has 3 aliphatic rings. The maximum absolute atomic E-state index is 13.8. The molecule has 3 fully saturated rings. The molecule has 2 saturated carbocycles. The van der Waals surface area contributed by atoms with Gasteiger partial charge in [0.2, 0.25) is 0 Å². The maximum atomic E-state index is 13.8. The number of hydrogen-bond acceptors (Lipinski definition) is 2. The van der Waals surface area contributed by atoms with Crippen LogP contribution in [0.4, 0.5) is 4.39 Å². The Kier molecular flexibility index (Phi) is 7.89. The third-order valence-corrected chi connectivity index (χ3v) is 8.13. The van der Waals surface area contributed by atoms with Crippen molar-refractivity contribution in [3.8, 4) is 0 Å². The van der Waals surface area contributed by atoms with E-state index in [2.05, 4.69) is 6.58 Å². The first-order chi connectivity index (χ1) is 14.6. The molecule has 0 atom stereocenters. The molecule has 1 heterocycles. The van der Waals surface area contributed by atoms with Gasteiger partial charge in [-0.05, 0) is 99.7 Å². The fourth-order valence-corrected chi connectivity index (χ4v) is 6.05. The Morgan fingerprint density at radius 1 is 0.933 bits per heavy atom. The number of ether oxygens (including phenoxy) is 2. The Hall–Kier alpha value is -0.900.